The minimum absolute atomic E-state index is 0.0362. The third-order valence-corrected chi connectivity index (χ3v) is 5.56. The normalized spacial score (nSPS) is 11.3. The monoisotopic (exact) mass is 417 g/mol. The van der Waals surface area contributed by atoms with Gasteiger partial charge in [0.25, 0.3) is 5.91 Å². The molecule has 1 heterocycles. The van der Waals surface area contributed by atoms with E-state index in [1.165, 1.54) is 28.9 Å². The molecule has 2 N–H and O–H groups in total. The van der Waals surface area contributed by atoms with Crippen LogP contribution in [-0.4, -0.2) is 35.1 Å². The molecule has 0 saturated heterocycles. The predicted octanol–water partition coefficient (Wildman–Crippen LogP) is 3.12. The van der Waals surface area contributed by atoms with Crippen LogP contribution in [0.15, 0.2) is 48.5 Å². The van der Waals surface area contributed by atoms with E-state index < -0.39 is 15.9 Å². The standard InChI is InChI=1S/C19H20FN5O3S/c1-3-12-29(27,28)23-16-8-6-15(7-9-16)21-19(26)18-13(2)25(24-22-18)17-10-4-14(20)5-11-17/h4-11,23H,3,12H2,1-2H3,(H,21,26). The molecular formula is C19H20FN5O3S. The summed E-state index contributed by atoms with van der Waals surface area (Å²) in [5.74, 6) is -0.797. The lowest BCUT2D eigenvalue weighted by Gasteiger charge is -2.09. The number of aromatic nitrogens is 3. The Kier molecular flexibility index (Phi) is 5.92. The Bertz CT molecular complexity index is 1110. The molecule has 1 aromatic heterocycles. The maximum Gasteiger partial charge on any atom is 0.278 e. The highest BCUT2D eigenvalue weighted by Crippen LogP contribution is 2.18. The first-order chi connectivity index (χ1) is 13.8. The fraction of sp³-hybridized carbons (Fsp3) is 0.211. The molecule has 3 rings (SSSR count). The van der Waals surface area contributed by atoms with Crippen LogP contribution < -0.4 is 10.0 Å². The molecule has 8 nitrogen and oxygen atoms in total. The number of nitrogens with one attached hydrogen (secondary N) is 2. The van der Waals surface area contributed by atoms with E-state index in [1.807, 2.05) is 0 Å². The van der Waals surface area contributed by atoms with Gasteiger partial charge in [-0.2, -0.15) is 0 Å². The SMILES string of the molecule is CCCS(=O)(=O)Nc1ccc(NC(=O)c2nnn(-c3ccc(F)cc3)c2C)cc1. The first-order valence-corrected chi connectivity index (χ1v) is 10.5. The van der Waals surface area contributed by atoms with Gasteiger partial charge in [-0.25, -0.2) is 17.5 Å². The third kappa shape index (κ3) is 4.96. The van der Waals surface area contributed by atoms with Crippen molar-refractivity contribution in [3.05, 3.63) is 65.7 Å². The number of nitrogens with zero attached hydrogens (tertiary/aromatic N) is 3. The Morgan fingerprint density at radius 1 is 1.07 bits per heavy atom. The van der Waals surface area contributed by atoms with Gasteiger partial charge in [0.2, 0.25) is 10.0 Å². The Balaban J connectivity index is 1.71. The van der Waals surface area contributed by atoms with Crippen molar-refractivity contribution < 1.29 is 17.6 Å². The van der Waals surface area contributed by atoms with E-state index in [1.54, 1.807) is 38.1 Å². The van der Waals surface area contributed by atoms with Crippen molar-refractivity contribution in [1.29, 1.82) is 0 Å². The van der Waals surface area contributed by atoms with Gasteiger partial charge in [-0.1, -0.05) is 12.1 Å². The van der Waals surface area contributed by atoms with Crippen LogP contribution in [0.2, 0.25) is 0 Å². The summed E-state index contributed by atoms with van der Waals surface area (Å²) < 4.78 is 40.6. The van der Waals surface area contributed by atoms with Crippen molar-refractivity contribution in [2.45, 2.75) is 20.3 Å². The topological polar surface area (TPSA) is 106 Å². The lowest BCUT2D eigenvalue weighted by molar-refractivity contribution is 0.102. The Morgan fingerprint density at radius 2 is 1.69 bits per heavy atom. The first kappa shape index (κ1) is 20.5. The number of rotatable bonds is 7. The van der Waals surface area contributed by atoms with E-state index in [-0.39, 0.29) is 17.3 Å². The van der Waals surface area contributed by atoms with Gasteiger partial charge in [-0.15, -0.1) is 5.10 Å². The summed E-state index contributed by atoms with van der Waals surface area (Å²) >= 11 is 0. The third-order valence-electron chi connectivity index (χ3n) is 4.07. The Labute approximate surface area is 167 Å². The summed E-state index contributed by atoms with van der Waals surface area (Å²) in [6, 6.07) is 12.0. The highest BCUT2D eigenvalue weighted by atomic mass is 32.2. The van der Waals surface area contributed by atoms with Crippen LogP contribution in [-0.2, 0) is 10.0 Å². The molecule has 0 unspecified atom stereocenters. The Hall–Kier alpha value is -3.27. The van der Waals surface area contributed by atoms with Gasteiger partial charge in [0.1, 0.15) is 5.82 Å². The molecule has 10 heteroatoms. The number of benzene rings is 2. The van der Waals surface area contributed by atoms with Gasteiger partial charge in [0, 0.05) is 11.4 Å². The molecule has 2 aromatic carbocycles. The number of hydrogen-bond acceptors (Lipinski definition) is 5. The lowest BCUT2D eigenvalue weighted by atomic mass is 10.2. The van der Waals surface area contributed by atoms with Crippen LogP contribution in [0.25, 0.3) is 5.69 Å². The van der Waals surface area contributed by atoms with E-state index in [9.17, 15) is 17.6 Å². The van der Waals surface area contributed by atoms with Crippen LogP contribution >= 0.6 is 0 Å². The summed E-state index contributed by atoms with van der Waals surface area (Å²) in [4.78, 5) is 12.5. The smallest absolute Gasteiger partial charge is 0.278 e. The van der Waals surface area contributed by atoms with Gasteiger partial charge in [-0.05, 0) is 61.9 Å². The quantitative estimate of drug-likeness (QED) is 0.614. The van der Waals surface area contributed by atoms with E-state index in [0.29, 0.717) is 29.2 Å². The predicted molar refractivity (Wildman–Crippen MR) is 108 cm³/mol. The number of hydrogen-bond donors (Lipinski definition) is 2. The lowest BCUT2D eigenvalue weighted by Crippen LogP contribution is -2.16. The Morgan fingerprint density at radius 3 is 2.31 bits per heavy atom. The molecule has 0 fully saturated rings. The zero-order valence-electron chi connectivity index (χ0n) is 15.9. The number of amides is 1. The van der Waals surface area contributed by atoms with Crippen molar-refractivity contribution in [3.8, 4) is 5.69 Å². The van der Waals surface area contributed by atoms with E-state index >= 15 is 0 Å². The number of carbonyl (C=O) groups is 1. The van der Waals surface area contributed by atoms with Crippen LogP contribution in [0.5, 0.6) is 0 Å². The van der Waals surface area contributed by atoms with Crippen LogP contribution in [0.3, 0.4) is 0 Å². The second-order valence-corrected chi connectivity index (χ2v) is 8.21. The molecule has 1 amide bonds. The van der Waals surface area contributed by atoms with Crippen LogP contribution in [0.1, 0.15) is 29.5 Å². The minimum Gasteiger partial charge on any atom is -0.321 e. The van der Waals surface area contributed by atoms with Crippen LogP contribution in [0.4, 0.5) is 15.8 Å². The van der Waals surface area contributed by atoms with Gasteiger partial charge in [0.15, 0.2) is 5.69 Å². The van der Waals surface area contributed by atoms with Crippen LogP contribution in [0, 0.1) is 12.7 Å². The zero-order chi connectivity index (χ0) is 21.0. The number of sulfonamides is 1. The zero-order valence-corrected chi connectivity index (χ0v) is 16.7. The second-order valence-electron chi connectivity index (χ2n) is 6.36. The molecule has 0 aliphatic heterocycles. The average molecular weight is 417 g/mol. The van der Waals surface area contributed by atoms with Gasteiger partial charge in [-0.3, -0.25) is 9.52 Å². The van der Waals surface area contributed by atoms with E-state index in [2.05, 4.69) is 20.4 Å². The van der Waals surface area contributed by atoms with Crippen molar-refractivity contribution in [2.24, 2.45) is 0 Å². The highest BCUT2D eigenvalue weighted by molar-refractivity contribution is 7.92. The molecule has 0 aliphatic carbocycles. The summed E-state index contributed by atoms with van der Waals surface area (Å²) in [5.41, 5.74) is 2.10. The first-order valence-electron chi connectivity index (χ1n) is 8.89. The second kappa shape index (κ2) is 8.39. The molecule has 0 bridgehead atoms. The van der Waals surface area contributed by atoms with Gasteiger partial charge < -0.3 is 5.32 Å². The number of halogens is 1. The van der Waals surface area contributed by atoms with Crippen molar-refractivity contribution in [3.63, 3.8) is 0 Å². The summed E-state index contributed by atoms with van der Waals surface area (Å²) in [7, 11) is -3.38. The van der Waals surface area contributed by atoms with E-state index in [0.717, 1.165) is 0 Å². The van der Waals surface area contributed by atoms with Crippen molar-refractivity contribution >= 4 is 27.3 Å². The molecule has 0 saturated carbocycles. The molecular weight excluding hydrogens is 397 g/mol. The van der Waals surface area contributed by atoms with Crippen molar-refractivity contribution in [1.82, 2.24) is 15.0 Å². The summed E-state index contributed by atoms with van der Waals surface area (Å²) in [6.45, 7) is 3.47. The summed E-state index contributed by atoms with van der Waals surface area (Å²) in [5, 5.41) is 10.6. The highest BCUT2D eigenvalue weighted by Gasteiger charge is 2.18. The molecule has 0 aliphatic rings. The maximum absolute atomic E-state index is 13.1. The van der Waals surface area contributed by atoms with Crippen molar-refractivity contribution in [2.75, 3.05) is 15.8 Å². The molecule has 3 aromatic rings. The molecule has 152 valence electrons. The largest absolute Gasteiger partial charge is 0.321 e. The fourth-order valence-corrected chi connectivity index (χ4v) is 3.81. The van der Waals surface area contributed by atoms with E-state index in [4.69, 9.17) is 0 Å². The number of anilines is 2. The van der Waals surface area contributed by atoms with Gasteiger partial charge >= 0.3 is 0 Å². The minimum atomic E-state index is -3.38. The molecule has 0 radical (unpaired) electrons. The van der Waals surface area contributed by atoms with Gasteiger partial charge in [0.05, 0.1) is 17.1 Å². The maximum atomic E-state index is 13.1. The summed E-state index contributed by atoms with van der Waals surface area (Å²) in [6.07, 6.45) is 0.515. The fourth-order valence-electron chi connectivity index (χ4n) is 2.68. The number of carbonyl (C=O) groups excluding carboxylic acids is 1. The molecule has 29 heavy (non-hydrogen) atoms. The average Bonchev–Trinajstić information content (AvgIpc) is 3.05. The molecule has 0 spiro atoms. The molecule has 0 atom stereocenters.